The zero-order valence-electron chi connectivity index (χ0n) is 9.03. The minimum atomic E-state index is 0.0734. The standard InChI is InChI=1S/C14H10BrNO/c15-12-4-2-1-3-11(12)9-5-6-13-10(7-9)8-14(17)16-13/h1-7H,8H2,(H,16,17). The van der Waals surface area contributed by atoms with E-state index in [4.69, 9.17) is 0 Å². The molecule has 1 aliphatic rings. The fraction of sp³-hybridized carbons (Fsp3) is 0.0714. The van der Waals surface area contributed by atoms with Crippen LogP contribution in [0.3, 0.4) is 0 Å². The third-order valence-electron chi connectivity index (χ3n) is 2.92. The van der Waals surface area contributed by atoms with Gasteiger partial charge in [-0.2, -0.15) is 0 Å². The van der Waals surface area contributed by atoms with Gasteiger partial charge in [0.2, 0.25) is 5.91 Å². The second-order valence-electron chi connectivity index (χ2n) is 4.08. The van der Waals surface area contributed by atoms with Gasteiger partial charge in [0.05, 0.1) is 6.42 Å². The Morgan fingerprint density at radius 1 is 1.12 bits per heavy atom. The van der Waals surface area contributed by atoms with E-state index in [-0.39, 0.29) is 5.91 Å². The molecular weight excluding hydrogens is 278 g/mol. The number of anilines is 1. The summed E-state index contributed by atoms with van der Waals surface area (Å²) in [6.07, 6.45) is 0.480. The maximum Gasteiger partial charge on any atom is 0.228 e. The number of hydrogen-bond acceptors (Lipinski definition) is 1. The van der Waals surface area contributed by atoms with Crippen LogP contribution in [0.5, 0.6) is 0 Å². The molecule has 0 atom stereocenters. The molecular formula is C14H10BrNO. The van der Waals surface area contributed by atoms with Crippen LogP contribution in [-0.4, -0.2) is 5.91 Å². The van der Waals surface area contributed by atoms with Crippen LogP contribution in [0.25, 0.3) is 11.1 Å². The molecule has 84 valence electrons. The molecule has 0 aromatic heterocycles. The van der Waals surface area contributed by atoms with Crippen molar-refractivity contribution in [2.24, 2.45) is 0 Å². The van der Waals surface area contributed by atoms with Crippen molar-refractivity contribution in [3.05, 3.63) is 52.5 Å². The normalized spacial score (nSPS) is 13.4. The smallest absolute Gasteiger partial charge is 0.228 e. The van der Waals surface area contributed by atoms with E-state index in [1.165, 1.54) is 0 Å². The first-order chi connectivity index (χ1) is 8.24. The highest BCUT2D eigenvalue weighted by Crippen LogP contribution is 2.32. The fourth-order valence-corrected chi connectivity index (χ4v) is 2.61. The zero-order chi connectivity index (χ0) is 11.8. The van der Waals surface area contributed by atoms with Gasteiger partial charge in [-0.1, -0.05) is 40.2 Å². The highest BCUT2D eigenvalue weighted by Gasteiger charge is 2.17. The number of nitrogens with one attached hydrogen (secondary N) is 1. The number of halogens is 1. The number of carbonyl (C=O) groups is 1. The van der Waals surface area contributed by atoms with Crippen LogP contribution in [0.4, 0.5) is 5.69 Å². The second kappa shape index (κ2) is 4.00. The van der Waals surface area contributed by atoms with Gasteiger partial charge in [0.25, 0.3) is 0 Å². The van der Waals surface area contributed by atoms with Gasteiger partial charge in [-0.05, 0) is 34.9 Å². The van der Waals surface area contributed by atoms with Crippen LogP contribution < -0.4 is 5.32 Å². The number of amides is 1. The maximum atomic E-state index is 11.3. The third-order valence-corrected chi connectivity index (χ3v) is 3.61. The fourth-order valence-electron chi connectivity index (χ4n) is 2.09. The van der Waals surface area contributed by atoms with Gasteiger partial charge in [-0.25, -0.2) is 0 Å². The van der Waals surface area contributed by atoms with Gasteiger partial charge >= 0.3 is 0 Å². The second-order valence-corrected chi connectivity index (χ2v) is 4.93. The molecule has 2 aromatic carbocycles. The van der Waals surface area contributed by atoms with Gasteiger partial charge in [0.15, 0.2) is 0 Å². The van der Waals surface area contributed by atoms with Crippen LogP contribution in [-0.2, 0) is 11.2 Å². The summed E-state index contributed by atoms with van der Waals surface area (Å²) in [4.78, 5) is 11.3. The van der Waals surface area contributed by atoms with Crippen molar-refractivity contribution in [2.45, 2.75) is 6.42 Å². The number of benzene rings is 2. The number of rotatable bonds is 1. The molecule has 0 fully saturated rings. The Labute approximate surface area is 108 Å². The highest BCUT2D eigenvalue weighted by molar-refractivity contribution is 9.10. The van der Waals surface area contributed by atoms with Crippen LogP contribution >= 0.6 is 15.9 Å². The Morgan fingerprint density at radius 2 is 1.94 bits per heavy atom. The SMILES string of the molecule is O=C1Cc2cc(-c3ccccc3Br)ccc2N1. The van der Waals surface area contributed by atoms with Gasteiger partial charge in [0, 0.05) is 10.2 Å². The summed E-state index contributed by atoms with van der Waals surface area (Å²) in [6.45, 7) is 0. The first-order valence-electron chi connectivity index (χ1n) is 5.42. The predicted octanol–water partition coefficient (Wildman–Crippen LogP) is 3.61. The lowest BCUT2D eigenvalue weighted by atomic mass is 10.0. The van der Waals surface area contributed by atoms with Crippen molar-refractivity contribution >= 4 is 27.5 Å². The Hall–Kier alpha value is -1.61. The van der Waals surface area contributed by atoms with Crippen molar-refractivity contribution in [2.75, 3.05) is 5.32 Å². The molecule has 1 heterocycles. The number of carbonyl (C=O) groups excluding carboxylic acids is 1. The molecule has 2 nitrogen and oxygen atoms in total. The molecule has 1 N–H and O–H groups in total. The molecule has 0 aliphatic carbocycles. The molecule has 3 heteroatoms. The molecule has 0 radical (unpaired) electrons. The van der Waals surface area contributed by atoms with E-state index in [1.54, 1.807) is 0 Å². The Bertz CT molecular complexity index is 607. The van der Waals surface area contributed by atoms with E-state index in [0.29, 0.717) is 6.42 Å². The number of fused-ring (bicyclic) bond motifs is 1. The Kier molecular flexibility index (Phi) is 2.48. The van der Waals surface area contributed by atoms with Crippen LogP contribution in [0, 0.1) is 0 Å². The summed E-state index contributed by atoms with van der Waals surface area (Å²) in [5, 5.41) is 2.84. The van der Waals surface area contributed by atoms with Gasteiger partial charge in [-0.3, -0.25) is 4.79 Å². The van der Waals surface area contributed by atoms with Crippen molar-refractivity contribution < 1.29 is 4.79 Å². The van der Waals surface area contributed by atoms with E-state index in [9.17, 15) is 4.79 Å². The number of hydrogen-bond donors (Lipinski definition) is 1. The molecule has 0 saturated heterocycles. The molecule has 0 saturated carbocycles. The van der Waals surface area contributed by atoms with E-state index < -0.39 is 0 Å². The highest BCUT2D eigenvalue weighted by atomic mass is 79.9. The minimum absolute atomic E-state index is 0.0734. The van der Waals surface area contributed by atoms with Crippen molar-refractivity contribution in [1.82, 2.24) is 0 Å². The summed E-state index contributed by atoms with van der Waals surface area (Å²) in [6, 6.07) is 14.2. The van der Waals surface area contributed by atoms with Crippen molar-refractivity contribution in [3.8, 4) is 11.1 Å². The van der Waals surface area contributed by atoms with Crippen LogP contribution in [0.1, 0.15) is 5.56 Å². The Morgan fingerprint density at radius 3 is 2.76 bits per heavy atom. The quantitative estimate of drug-likeness (QED) is 0.853. The summed E-state index contributed by atoms with van der Waals surface area (Å²) in [7, 11) is 0. The molecule has 0 bridgehead atoms. The van der Waals surface area contributed by atoms with E-state index in [0.717, 1.165) is 26.9 Å². The predicted molar refractivity (Wildman–Crippen MR) is 71.9 cm³/mol. The van der Waals surface area contributed by atoms with E-state index in [2.05, 4.69) is 33.4 Å². The molecule has 1 amide bonds. The van der Waals surface area contributed by atoms with E-state index >= 15 is 0 Å². The van der Waals surface area contributed by atoms with Gasteiger partial charge in [-0.15, -0.1) is 0 Å². The largest absolute Gasteiger partial charge is 0.326 e. The minimum Gasteiger partial charge on any atom is -0.326 e. The lowest BCUT2D eigenvalue weighted by Gasteiger charge is -2.06. The van der Waals surface area contributed by atoms with Gasteiger partial charge in [0.1, 0.15) is 0 Å². The molecule has 0 spiro atoms. The molecule has 3 rings (SSSR count). The zero-order valence-corrected chi connectivity index (χ0v) is 10.6. The third kappa shape index (κ3) is 1.87. The summed E-state index contributed by atoms with van der Waals surface area (Å²) in [5.41, 5.74) is 4.29. The first-order valence-corrected chi connectivity index (χ1v) is 6.21. The molecule has 1 aliphatic heterocycles. The Balaban J connectivity index is 2.09. The summed E-state index contributed by atoms with van der Waals surface area (Å²) in [5.74, 6) is 0.0734. The van der Waals surface area contributed by atoms with Crippen molar-refractivity contribution in [1.29, 1.82) is 0 Å². The molecule has 0 unspecified atom stereocenters. The van der Waals surface area contributed by atoms with Gasteiger partial charge < -0.3 is 5.32 Å². The average Bonchev–Trinajstić information content (AvgIpc) is 2.68. The lowest BCUT2D eigenvalue weighted by molar-refractivity contribution is -0.115. The average molecular weight is 288 g/mol. The van der Waals surface area contributed by atoms with E-state index in [1.807, 2.05) is 30.3 Å². The lowest BCUT2D eigenvalue weighted by Crippen LogP contribution is -2.03. The first kappa shape index (κ1) is 10.5. The van der Waals surface area contributed by atoms with Crippen LogP contribution in [0.15, 0.2) is 46.9 Å². The van der Waals surface area contributed by atoms with Crippen molar-refractivity contribution in [3.63, 3.8) is 0 Å². The molecule has 2 aromatic rings. The summed E-state index contributed by atoms with van der Waals surface area (Å²) < 4.78 is 1.07. The monoisotopic (exact) mass is 287 g/mol. The topological polar surface area (TPSA) is 29.1 Å². The van der Waals surface area contributed by atoms with Crippen LogP contribution in [0.2, 0.25) is 0 Å². The summed E-state index contributed by atoms with van der Waals surface area (Å²) >= 11 is 3.54. The maximum absolute atomic E-state index is 11.3. The molecule has 17 heavy (non-hydrogen) atoms.